The van der Waals surface area contributed by atoms with Crippen molar-refractivity contribution in [2.75, 3.05) is 12.4 Å². The van der Waals surface area contributed by atoms with E-state index in [1.54, 1.807) is 24.3 Å². The standard InChI is InChI=1S/C19H20F3N3O2/c1-23-16-8-4-14(5-9-16)12-24-11-13-2-6-15(7-3-13)17-10-18(26,27-25-17)19(20,21)22/h2-9,23-24,26H,10-12H2,1H3. The van der Waals surface area contributed by atoms with Gasteiger partial charge in [0.2, 0.25) is 0 Å². The van der Waals surface area contributed by atoms with E-state index >= 15 is 0 Å². The Morgan fingerprint density at radius 1 is 1.04 bits per heavy atom. The van der Waals surface area contributed by atoms with E-state index in [9.17, 15) is 18.3 Å². The molecule has 1 unspecified atom stereocenters. The van der Waals surface area contributed by atoms with Crippen LogP contribution in [0.3, 0.4) is 0 Å². The minimum absolute atomic E-state index is 0.0685. The van der Waals surface area contributed by atoms with E-state index in [0.717, 1.165) is 16.8 Å². The van der Waals surface area contributed by atoms with Crippen LogP contribution in [0, 0.1) is 0 Å². The number of benzene rings is 2. The van der Waals surface area contributed by atoms with Gasteiger partial charge in [-0.1, -0.05) is 41.6 Å². The highest BCUT2D eigenvalue weighted by Gasteiger charge is 2.60. The molecule has 1 aliphatic heterocycles. The number of nitrogens with zero attached hydrogens (tertiary/aromatic N) is 1. The summed E-state index contributed by atoms with van der Waals surface area (Å²) in [4.78, 5) is 4.23. The molecular weight excluding hydrogens is 359 g/mol. The molecule has 0 radical (unpaired) electrons. The fourth-order valence-electron chi connectivity index (χ4n) is 2.68. The number of rotatable bonds is 6. The third-order valence-electron chi connectivity index (χ3n) is 4.34. The van der Waals surface area contributed by atoms with Crippen LogP contribution in [0.15, 0.2) is 53.7 Å². The van der Waals surface area contributed by atoms with Gasteiger partial charge in [-0.2, -0.15) is 13.2 Å². The molecule has 0 fully saturated rings. The molecule has 0 spiro atoms. The van der Waals surface area contributed by atoms with Crippen LogP contribution in [0.5, 0.6) is 0 Å². The lowest BCUT2D eigenvalue weighted by Gasteiger charge is -2.22. The quantitative estimate of drug-likeness (QED) is 0.720. The molecule has 0 saturated carbocycles. The number of alkyl halides is 3. The minimum Gasteiger partial charge on any atom is -0.388 e. The van der Waals surface area contributed by atoms with Crippen LogP contribution in [0.25, 0.3) is 0 Å². The Kier molecular flexibility index (Phi) is 5.38. The summed E-state index contributed by atoms with van der Waals surface area (Å²) in [6.45, 7) is 1.31. The Balaban J connectivity index is 1.53. The maximum Gasteiger partial charge on any atom is 0.458 e. The zero-order valence-electron chi connectivity index (χ0n) is 14.7. The molecule has 1 aliphatic rings. The molecule has 5 nitrogen and oxygen atoms in total. The van der Waals surface area contributed by atoms with Gasteiger partial charge in [0.25, 0.3) is 0 Å². The third kappa shape index (κ3) is 4.40. The molecule has 144 valence electrons. The molecule has 0 saturated heterocycles. The highest BCUT2D eigenvalue weighted by Crippen LogP contribution is 2.38. The van der Waals surface area contributed by atoms with Gasteiger partial charge < -0.3 is 20.6 Å². The Labute approximate surface area is 154 Å². The number of hydrogen-bond donors (Lipinski definition) is 3. The monoisotopic (exact) mass is 379 g/mol. The van der Waals surface area contributed by atoms with Gasteiger partial charge in [0.15, 0.2) is 0 Å². The van der Waals surface area contributed by atoms with Crippen LogP contribution in [-0.4, -0.2) is 29.8 Å². The second-order valence-corrected chi connectivity index (χ2v) is 6.34. The lowest BCUT2D eigenvalue weighted by atomic mass is 10.0. The van der Waals surface area contributed by atoms with Crippen molar-refractivity contribution in [3.63, 3.8) is 0 Å². The fraction of sp³-hybridized carbons (Fsp3) is 0.316. The van der Waals surface area contributed by atoms with Gasteiger partial charge in [-0.15, -0.1) is 0 Å². The van der Waals surface area contributed by atoms with Crippen molar-refractivity contribution >= 4 is 11.4 Å². The summed E-state index contributed by atoms with van der Waals surface area (Å²) in [5, 5.41) is 19.3. The second kappa shape index (κ2) is 7.58. The lowest BCUT2D eigenvalue weighted by Crippen LogP contribution is -2.45. The van der Waals surface area contributed by atoms with Gasteiger partial charge >= 0.3 is 12.0 Å². The van der Waals surface area contributed by atoms with E-state index in [2.05, 4.69) is 20.6 Å². The second-order valence-electron chi connectivity index (χ2n) is 6.34. The summed E-state index contributed by atoms with van der Waals surface area (Å²) in [6.07, 6.45) is -5.62. The molecule has 3 rings (SSSR count). The number of oxime groups is 1. The molecule has 8 heteroatoms. The van der Waals surface area contributed by atoms with Crippen molar-refractivity contribution in [1.82, 2.24) is 5.32 Å². The van der Waals surface area contributed by atoms with Crippen LogP contribution < -0.4 is 10.6 Å². The summed E-state index contributed by atoms with van der Waals surface area (Å²) in [5.41, 5.74) is 3.73. The Morgan fingerprint density at radius 3 is 2.07 bits per heavy atom. The first-order chi connectivity index (χ1) is 12.8. The molecule has 3 N–H and O–H groups in total. The van der Waals surface area contributed by atoms with Gasteiger partial charge in [0, 0.05) is 25.8 Å². The van der Waals surface area contributed by atoms with Crippen LogP contribution in [-0.2, 0) is 17.9 Å². The van der Waals surface area contributed by atoms with E-state index in [-0.39, 0.29) is 5.71 Å². The first kappa shape index (κ1) is 19.2. The number of nitrogens with one attached hydrogen (secondary N) is 2. The summed E-state index contributed by atoms with van der Waals surface area (Å²) in [6, 6.07) is 15.0. The molecule has 0 aliphatic carbocycles. The van der Waals surface area contributed by atoms with Gasteiger partial charge in [0.05, 0.1) is 12.1 Å². The van der Waals surface area contributed by atoms with Gasteiger partial charge in [-0.05, 0) is 28.8 Å². The molecule has 1 heterocycles. The molecule has 27 heavy (non-hydrogen) atoms. The number of anilines is 1. The number of halogens is 3. The first-order valence-electron chi connectivity index (χ1n) is 8.41. The van der Waals surface area contributed by atoms with Crippen molar-refractivity contribution in [3.05, 3.63) is 65.2 Å². The summed E-state index contributed by atoms with van der Waals surface area (Å²) < 4.78 is 38.3. The lowest BCUT2D eigenvalue weighted by molar-refractivity contribution is -0.355. The summed E-state index contributed by atoms with van der Waals surface area (Å²) in [7, 11) is 1.86. The largest absolute Gasteiger partial charge is 0.458 e. The number of aliphatic hydroxyl groups is 1. The van der Waals surface area contributed by atoms with Gasteiger partial charge in [-0.3, -0.25) is 0 Å². The van der Waals surface area contributed by atoms with Crippen LogP contribution in [0.4, 0.5) is 18.9 Å². The van der Waals surface area contributed by atoms with Crippen molar-refractivity contribution in [2.45, 2.75) is 31.5 Å². The van der Waals surface area contributed by atoms with Crippen LogP contribution in [0.1, 0.15) is 23.1 Å². The molecule has 2 aromatic carbocycles. The van der Waals surface area contributed by atoms with E-state index in [1.165, 1.54) is 0 Å². The summed E-state index contributed by atoms with van der Waals surface area (Å²) in [5.74, 6) is -3.24. The zero-order valence-corrected chi connectivity index (χ0v) is 14.7. The zero-order chi connectivity index (χ0) is 19.5. The summed E-state index contributed by atoms with van der Waals surface area (Å²) >= 11 is 0. The average molecular weight is 379 g/mol. The van der Waals surface area contributed by atoms with E-state index in [0.29, 0.717) is 18.7 Å². The molecule has 1 atom stereocenters. The topological polar surface area (TPSA) is 65.9 Å². The molecular formula is C19H20F3N3O2. The molecule has 0 bridgehead atoms. The molecule has 0 aromatic heterocycles. The molecule has 0 amide bonds. The van der Waals surface area contributed by atoms with Gasteiger partial charge in [-0.25, -0.2) is 0 Å². The maximum absolute atomic E-state index is 12.8. The normalized spacial score (nSPS) is 19.5. The van der Waals surface area contributed by atoms with Crippen molar-refractivity contribution in [1.29, 1.82) is 0 Å². The fourth-order valence-corrected chi connectivity index (χ4v) is 2.68. The highest BCUT2D eigenvalue weighted by molar-refractivity contribution is 6.01. The smallest absolute Gasteiger partial charge is 0.388 e. The van der Waals surface area contributed by atoms with Crippen molar-refractivity contribution in [3.8, 4) is 0 Å². The SMILES string of the molecule is CNc1ccc(CNCc2ccc(C3=NOC(O)(C(F)(F)F)C3)cc2)cc1. The van der Waals surface area contributed by atoms with E-state index < -0.39 is 18.4 Å². The Bertz CT molecular complexity index is 804. The van der Waals surface area contributed by atoms with Crippen LogP contribution >= 0.6 is 0 Å². The average Bonchev–Trinajstić information content (AvgIpc) is 3.06. The Morgan fingerprint density at radius 2 is 1.59 bits per heavy atom. The third-order valence-corrected chi connectivity index (χ3v) is 4.34. The van der Waals surface area contributed by atoms with E-state index in [1.807, 2.05) is 31.3 Å². The number of hydrogen-bond acceptors (Lipinski definition) is 5. The van der Waals surface area contributed by atoms with Crippen molar-refractivity contribution in [2.24, 2.45) is 5.16 Å². The predicted molar refractivity (Wildman–Crippen MR) is 96.2 cm³/mol. The maximum atomic E-state index is 12.8. The van der Waals surface area contributed by atoms with Crippen molar-refractivity contribution < 1.29 is 23.1 Å². The van der Waals surface area contributed by atoms with Crippen LogP contribution in [0.2, 0.25) is 0 Å². The Hall–Kier alpha value is -2.58. The minimum atomic E-state index is -4.90. The van der Waals surface area contributed by atoms with E-state index in [4.69, 9.17) is 0 Å². The van der Waals surface area contributed by atoms with Gasteiger partial charge in [0.1, 0.15) is 0 Å². The first-order valence-corrected chi connectivity index (χ1v) is 8.41. The molecule has 2 aromatic rings. The predicted octanol–water partition coefficient (Wildman–Crippen LogP) is 3.39. The highest BCUT2D eigenvalue weighted by atomic mass is 19.4.